The van der Waals surface area contributed by atoms with E-state index in [4.69, 9.17) is 11.6 Å². The van der Waals surface area contributed by atoms with Crippen LogP contribution in [0.3, 0.4) is 0 Å². The minimum absolute atomic E-state index is 0.628. The zero-order chi connectivity index (χ0) is 15.5. The first-order chi connectivity index (χ1) is 10.7. The molecule has 3 rings (SSSR count). The molecule has 4 heteroatoms. The average Bonchev–Trinajstić information content (AvgIpc) is 2.97. The van der Waals surface area contributed by atoms with Crippen LogP contribution in [0, 0.1) is 0 Å². The van der Waals surface area contributed by atoms with E-state index in [0.29, 0.717) is 5.02 Å². The second-order valence-electron chi connectivity index (χ2n) is 5.16. The standard InChI is InChI=1S/C18H16ClN3/c1-12(17-14-6-3-4-8-16(14)21-22-17)9-10-13(2)18-15(19)7-5-11-20-18/h3-8,11H,1-2,9-10H2,(H,21,22). The maximum absolute atomic E-state index is 6.15. The average molecular weight is 310 g/mol. The molecule has 1 aromatic carbocycles. The van der Waals surface area contributed by atoms with Gasteiger partial charge >= 0.3 is 0 Å². The number of nitrogens with one attached hydrogen (secondary N) is 1. The van der Waals surface area contributed by atoms with Crippen LogP contribution >= 0.6 is 11.6 Å². The van der Waals surface area contributed by atoms with Crippen molar-refractivity contribution in [1.29, 1.82) is 0 Å². The Hall–Kier alpha value is -2.39. The molecule has 110 valence electrons. The molecule has 0 amide bonds. The Labute approximate surface area is 134 Å². The Morgan fingerprint density at radius 3 is 2.50 bits per heavy atom. The van der Waals surface area contributed by atoms with Crippen LogP contribution in [0.25, 0.3) is 22.0 Å². The molecule has 0 bridgehead atoms. The molecular formula is C18H16ClN3. The van der Waals surface area contributed by atoms with E-state index in [-0.39, 0.29) is 0 Å². The number of hydrogen-bond acceptors (Lipinski definition) is 2. The lowest BCUT2D eigenvalue weighted by molar-refractivity contribution is 1.04. The van der Waals surface area contributed by atoms with E-state index < -0.39 is 0 Å². The predicted octanol–water partition coefficient (Wildman–Crippen LogP) is 5.12. The number of halogens is 1. The van der Waals surface area contributed by atoms with Gasteiger partial charge in [-0.15, -0.1) is 0 Å². The van der Waals surface area contributed by atoms with Gasteiger partial charge in [0.05, 0.1) is 21.9 Å². The summed E-state index contributed by atoms with van der Waals surface area (Å²) in [6, 6.07) is 11.7. The summed E-state index contributed by atoms with van der Waals surface area (Å²) in [6.07, 6.45) is 3.24. The number of benzene rings is 1. The summed E-state index contributed by atoms with van der Waals surface area (Å²) >= 11 is 6.15. The lowest BCUT2D eigenvalue weighted by Gasteiger charge is -2.08. The number of aromatic amines is 1. The number of hydrogen-bond donors (Lipinski definition) is 1. The summed E-state index contributed by atoms with van der Waals surface area (Å²) in [7, 11) is 0. The Kier molecular flexibility index (Phi) is 4.07. The molecule has 2 aromatic heterocycles. The van der Waals surface area contributed by atoms with Crippen molar-refractivity contribution in [2.45, 2.75) is 12.8 Å². The summed E-state index contributed by atoms with van der Waals surface area (Å²) in [6.45, 7) is 8.24. The first-order valence-electron chi connectivity index (χ1n) is 7.06. The van der Waals surface area contributed by atoms with Crippen molar-refractivity contribution in [1.82, 2.24) is 15.2 Å². The fourth-order valence-electron chi connectivity index (χ4n) is 2.42. The molecule has 0 radical (unpaired) electrons. The third-order valence-electron chi connectivity index (χ3n) is 3.63. The fourth-order valence-corrected chi connectivity index (χ4v) is 2.67. The first kappa shape index (κ1) is 14.5. The lowest BCUT2D eigenvalue weighted by Crippen LogP contribution is -1.91. The Morgan fingerprint density at radius 2 is 1.73 bits per heavy atom. The molecule has 0 aliphatic heterocycles. The number of allylic oxidation sites excluding steroid dienone is 2. The highest BCUT2D eigenvalue weighted by molar-refractivity contribution is 6.32. The molecule has 3 nitrogen and oxygen atoms in total. The molecule has 0 saturated carbocycles. The largest absolute Gasteiger partial charge is 0.277 e. The molecule has 0 saturated heterocycles. The molecule has 0 spiro atoms. The number of fused-ring (bicyclic) bond motifs is 1. The van der Waals surface area contributed by atoms with Crippen molar-refractivity contribution in [2.24, 2.45) is 0 Å². The van der Waals surface area contributed by atoms with Gasteiger partial charge in [-0.2, -0.15) is 5.10 Å². The van der Waals surface area contributed by atoms with Crippen LogP contribution in [0.4, 0.5) is 0 Å². The van der Waals surface area contributed by atoms with Crippen LogP contribution in [0.15, 0.2) is 55.8 Å². The molecule has 0 aliphatic rings. The van der Waals surface area contributed by atoms with Gasteiger partial charge in [0.15, 0.2) is 0 Å². The molecule has 3 aromatic rings. The highest BCUT2D eigenvalue weighted by Crippen LogP contribution is 2.29. The van der Waals surface area contributed by atoms with Crippen molar-refractivity contribution >= 4 is 33.7 Å². The number of rotatable bonds is 5. The maximum atomic E-state index is 6.15. The number of H-pyrrole nitrogens is 1. The van der Waals surface area contributed by atoms with Crippen LogP contribution < -0.4 is 0 Å². The summed E-state index contributed by atoms with van der Waals surface area (Å²) in [4.78, 5) is 4.29. The van der Waals surface area contributed by atoms with E-state index in [1.54, 1.807) is 6.20 Å². The van der Waals surface area contributed by atoms with Crippen molar-refractivity contribution in [2.75, 3.05) is 0 Å². The second-order valence-corrected chi connectivity index (χ2v) is 5.57. The minimum atomic E-state index is 0.628. The van der Waals surface area contributed by atoms with Gasteiger partial charge in [0, 0.05) is 11.6 Å². The third-order valence-corrected chi connectivity index (χ3v) is 3.93. The molecule has 0 fully saturated rings. The van der Waals surface area contributed by atoms with Crippen molar-refractivity contribution in [3.05, 3.63) is 72.2 Å². The van der Waals surface area contributed by atoms with Crippen LogP contribution in [0.1, 0.15) is 24.2 Å². The topological polar surface area (TPSA) is 41.6 Å². The van der Waals surface area contributed by atoms with Crippen LogP contribution in [-0.2, 0) is 0 Å². The Morgan fingerprint density at radius 1 is 1.00 bits per heavy atom. The molecule has 1 N–H and O–H groups in total. The summed E-state index contributed by atoms with van der Waals surface area (Å²) < 4.78 is 0. The SMILES string of the molecule is C=C(CCC(=C)c1n[nH]c2ccccc12)c1ncccc1Cl. The van der Waals surface area contributed by atoms with Gasteiger partial charge in [0.25, 0.3) is 0 Å². The number of nitrogens with zero attached hydrogens (tertiary/aromatic N) is 2. The maximum Gasteiger partial charge on any atom is 0.0953 e. The summed E-state index contributed by atoms with van der Waals surface area (Å²) in [5, 5.41) is 9.12. The van der Waals surface area contributed by atoms with Gasteiger partial charge in [0.1, 0.15) is 0 Å². The quantitative estimate of drug-likeness (QED) is 0.711. The van der Waals surface area contributed by atoms with E-state index in [1.807, 2.05) is 36.4 Å². The van der Waals surface area contributed by atoms with E-state index in [9.17, 15) is 0 Å². The zero-order valence-corrected chi connectivity index (χ0v) is 12.9. The van der Waals surface area contributed by atoms with E-state index in [1.165, 1.54) is 0 Å². The molecule has 0 unspecified atom stereocenters. The molecule has 0 atom stereocenters. The highest BCUT2D eigenvalue weighted by Gasteiger charge is 2.11. The number of para-hydroxylation sites is 1. The van der Waals surface area contributed by atoms with Gasteiger partial charge in [-0.1, -0.05) is 43.0 Å². The van der Waals surface area contributed by atoms with Gasteiger partial charge in [-0.25, -0.2) is 0 Å². The number of aromatic nitrogens is 3. The second kappa shape index (κ2) is 6.16. The third kappa shape index (κ3) is 2.81. The monoisotopic (exact) mass is 309 g/mol. The van der Waals surface area contributed by atoms with Gasteiger partial charge < -0.3 is 0 Å². The van der Waals surface area contributed by atoms with Crippen LogP contribution in [0.5, 0.6) is 0 Å². The lowest BCUT2D eigenvalue weighted by atomic mass is 10.0. The summed E-state index contributed by atoms with van der Waals surface area (Å²) in [5.74, 6) is 0. The Balaban J connectivity index is 1.73. The molecule has 22 heavy (non-hydrogen) atoms. The first-order valence-corrected chi connectivity index (χ1v) is 7.44. The molecule has 2 heterocycles. The smallest absolute Gasteiger partial charge is 0.0953 e. The van der Waals surface area contributed by atoms with E-state index >= 15 is 0 Å². The molecule has 0 aliphatic carbocycles. The van der Waals surface area contributed by atoms with Crippen molar-refractivity contribution < 1.29 is 0 Å². The minimum Gasteiger partial charge on any atom is -0.277 e. The number of pyridine rings is 1. The van der Waals surface area contributed by atoms with E-state index in [2.05, 4.69) is 28.3 Å². The Bertz CT molecular complexity index is 848. The molecular weight excluding hydrogens is 294 g/mol. The predicted molar refractivity (Wildman–Crippen MR) is 92.6 cm³/mol. The highest BCUT2D eigenvalue weighted by atomic mass is 35.5. The van der Waals surface area contributed by atoms with Crippen LogP contribution in [-0.4, -0.2) is 15.2 Å². The van der Waals surface area contributed by atoms with Crippen molar-refractivity contribution in [3.63, 3.8) is 0 Å². The van der Waals surface area contributed by atoms with Gasteiger partial charge in [-0.3, -0.25) is 10.1 Å². The van der Waals surface area contributed by atoms with Gasteiger partial charge in [-0.05, 0) is 42.2 Å². The van der Waals surface area contributed by atoms with Crippen LogP contribution in [0.2, 0.25) is 5.02 Å². The summed E-state index contributed by atoms with van der Waals surface area (Å²) in [5.41, 5.74) is 4.57. The van der Waals surface area contributed by atoms with Gasteiger partial charge in [0.2, 0.25) is 0 Å². The fraction of sp³-hybridized carbons (Fsp3) is 0.111. The van der Waals surface area contributed by atoms with E-state index in [0.717, 1.165) is 46.3 Å². The normalized spacial score (nSPS) is 10.8. The zero-order valence-electron chi connectivity index (χ0n) is 12.1. The van der Waals surface area contributed by atoms with Crippen molar-refractivity contribution in [3.8, 4) is 0 Å².